The van der Waals surface area contributed by atoms with E-state index in [0.29, 0.717) is 6.54 Å². The van der Waals surface area contributed by atoms with E-state index in [1.807, 2.05) is 23.1 Å². The molecule has 0 amide bonds. The summed E-state index contributed by atoms with van der Waals surface area (Å²) in [5.74, 6) is 0.885. The molecule has 0 radical (unpaired) electrons. The molecule has 0 atom stereocenters. The SMILES string of the molecule is CCNC(=NCc1ccccc1Cn1cccn1)NCCN(C)C1CCCC1.I. The van der Waals surface area contributed by atoms with Crippen LogP contribution in [0.2, 0.25) is 0 Å². The van der Waals surface area contributed by atoms with Gasteiger partial charge in [0, 0.05) is 38.1 Å². The Bertz CT molecular complexity index is 725. The number of nitrogens with zero attached hydrogens (tertiary/aromatic N) is 4. The van der Waals surface area contributed by atoms with E-state index in [1.165, 1.54) is 36.8 Å². The van der Waals surface area contributed by atoms with Crippen molar-refractivity contribution < 1.29 is 0 Å². The predicted octanol–water partition coefficient (Wildman–Crippen LogP) is 3.48. The number of nitrogens with one attached hydrogen (secondary N) is 2. The maximum Gasteiger partial charge on any atom is 0.191 e. The Morgan fingerprint density at radius 1 is 1.17 bits per heavy atom. The highest BCUT2D eigenvalue weighted by atomic mass is 127. The van der Waals surface area contributed by atoms with Gasteiger partial charge in [0.2, 0.25) is 0 Å². The van der Waals surface area contributed by atoms with E-state index >= 15 is 0 Å². The van der Waals surface area contributed by atoms with Gasteiger partial charge >= 0.3 is 0 Å². The second-order valence-electron chi connectivity index (χ2n) is 7.51. The van der Waals surface area contributed by atoms with Gasteiger partial charge in [-0.05, 0) is 44.0 Å². The first kappa shape index (κ1) is 23.7. The van der Waals surface area contributed by atoms with Gasteiger partial charge in [0.05, 0.1) is 13.1 Å². The minimum absolute atomic E-state index is 0. The largest absolute Gasteiger partial charge is 0.357 e. The molecule has 0 saturated heterocycles. The number of aromatic nitrogens is 2. The Hall–Kier alpha value is -1.61. The standard InChI is InChI=1S/C22H34N6.HI/c1-3-23-22(24-14-16-27(2)21-11-6-7-12-21)25-17-19-9-4-5-10-20(19)18-28-15-8-13-26-28;/h4-5,8-10,13,15,21H,3,6-7,11-12,14,16-18H2,1-2H3,(H2,23,24,25);1H. The predicted molar refractivity (Wildman–Crippen MR) is 131 cm³/mol. The zero-order chi connectivity index (χ0) is 19.6. The van der Waals surface area contributed by atoms with Crippen molar-refractivity contribution >= 4 is 29.9 Å². The third-order valence-corrected chi connectivity index (χ3v) is 5.47. The first-order valence-electron chi connectivity index (χ1n) is 10.5. The molecule has 29 heavy (non-hydrogen) atoms. The Morgan fingerprint density at radius 3 is 2.62 bits per heavy atom. The fourth-order valence-corrected chi connectivity index (χ4v) is 3.82. The van der Waals surface area contributed by atoms with Crippen molar-refractivity contribution in [1.82, 2.24) is 25.3 Å². The van der Waals surface area contributed by atoms with Crippen LogP contribution in [0.1, 0.15) is 43.7 Å². The van der Waals surface area contributed by atoms with Gasteiger partial charge in [-0.1, -0.05) is 37.1 Å². The van der Waals surface area contributed by atoms with Crippen molar-refractivity contribution in [3.63, 3.8) is 0 Å². The van der Waals surface area contributed by atoms with E-state index < -0.39 is 0 Å². The summed E-state index contributed by atoms with van der Waals surface area (Å²) in [6, 6.07) is 11.2. The van der Waals surface area contributed by atoms with Gasteiger partial charge in [-0.15, -0.1) is 24.0 Å². The Labute approximate surface area is 192 Å². The molecule has 0 spiro atoms. The highest BCUT2D eigenvalue weighted by Crippen LogP contribution is 2.21. The number of aliphatic imine (C=N–C) groups is 1. The Morgan fingerprint density at radius 2 is 1.93 bits per heavy atom. The normalized spacial score (nSPS) is 14.8. The van der Waals surface area contributed by atoms with E-state index in [-0.39, 0.29) is 24.0 Å². The molecule has 0 unspecified atom stereocenters. The first-order chi connectivity index (χ1) is 13.8. The lowest BCUT2D eigenvalue weighted by molar-refractivity contribution is 0.249. The van der Waals surface area contributed by atoms with Crippen LogP contribution in [0.15, 0.2) is 47.7 Å². The summed E-state index contributed by atoms with van der Waals surface area (Å²) in [5, 5.41) is 11.2. The summed E-state index contributed by atoms with van der Waals surface area (Å²) in [4.78, 5) is 7.30. The van der Waals surface area contributed by atoms with Crippen molar-refractivity contribution in [2.75, 3.05) is 26.7 Å². The van der Waals surface area contributed by atoms with Gasteiger partial charge in [0.15, 0.2) is 5.96 Å². The molecular weight excluding hydrogens is 475 g/mol. The number of benzene rings is 1. The van der Waals surface area contributed by atoms with Crippen LogP contribution in [0.25, 0.3) is 0 Å². The smallest absolute Gasteiger partial charge is 0.191 e. The van der Waals surface area contributed by atoms with E-state index in [0.717, 1.165) is 38.2 Å². The monoisotopic (exact) mass is 510 g/mol. The van der Waals surface area contributed by atoms with Crippen LogP contribution in [0.3, 0.4) is 0 Å². The highest BCUT2D eigenvalue weighted by molar-refractivity contribution is 14.0. The zero-order valence-corrected chi connectivity index (χ0v) is 20.0. The van der Waals surface area contributed by atoms with Crippen LogP contribution in [0.5, 0.6) is 0 Å². The van der Waals surface area contributed by atoms with Crippen molar-refractivity contribution in [2.45, 2.75) is 51.7 Å². The van der Waals surface area contributed by atoms with Gasteiger partial charge in [-0.2, -0.15) is 5.10 Å². The number of rotatable bonds is 9. The molecule has 160 valence electrons. The summed E-state index contributed by atoms with van der Waals surface area (Å²) < 4.78 is 1.95. The molecule has 2 N–H and O–H groups in total. The summed E-state index contributed by atoms with van der Waals surface area (Å²) in [5.41, 5.74) is 2.49. The fraction of sp³-hybridized carbons (Fsp3) is 0.545. The number of guanidine groups is 1. The maximum atomic E-state index is 4.81. The fourth-order valence-electron chi connectivity index (χ4n) is 3.82. The number of likely N-dealkylation sites (N-methyl/N-ethyl adjacent to an activating group) is 1. The molecule has 6 nitrogen and oxygen atoms in total. The average molecular weight is 510 g/mol. The van der Waals surface area contributed by atoms with E-state index in [4.69, 9.17) is 4.99 Å². The molecule has 1 fully saturated rings. The topological polar surface area (TPSA) is 57.5 Å². The Kier molecular flexibility index (Phi) is 10.5. The van der Waals surface area contributed by atoms with Crippen LogP contribution in [0.4, 0.5) is 0 Å². The molecule has 1 aromatic carbocycles. The van der Waals surface area contributed by atoms with E-state index in [1.54, 1.807) is 0 Å². The molecule has 7 heteroatoms. The van der Waals surface area contributed by atoms with Crippen LogP contribution in [-0.4, -0.2) is 53.4 Å². The number of halogens is 1. The summed E-state index contributed by atoms with van der Waals surface area (Å²) >= 11 is 0. The van der Waals surface area contributed by atoms with Gasteiger partial charge < -0.3 is 15.5 Å². The molecule has 0 aliphatic heterocycles. The minimum atomic E-state index is 0. The highest BCUT2D eigenvalue weighted by Gasteiger charge is 2.18. The lowest BCUT2D eigenvalue weighted by atomic mass is 10.1. The average Bonchev–Trinajstić information content (AvgIpc) is 3.41. The van der Waals surface area contributed by atoms with Crippen molar-refractivity contribution in [3.8, 4) is 0 Å². The van der Waals surface area contributed by atoms with Crippen LogP contribution in [0, 0.1) is 0 Å². The molecule has 1 aliphatic rings. The van der Waals surface area contributed by atoms with Crippen molar-refractivity contribution in [2.24, 2.45) is 4.99 Å². The second-order valence-corrected chi connectivity index (χ2v) is 7.51. The maximum absolute atomic E-state index is 4.81. The third-order valence-electron chi connectivity index (χ3n) is 5.47. The van der Waals surface area contributed by atoms with Crippen molar-refractivity contribution in [1.29, 1.82) is 0 Å². The van der Waals surface area contributed by atoms with Gasteiger partial charge in [0.1, 0.15) is 0 Å². The molecule has 1 heterocycles. The lowest BCUT2D eigenvalue weighted by Crippen LogP contribution is -2.42. The summed E-state index contributed by atoms with van der Waals surface area (Å²) in [7, 11) is 2.24. The van der Waals surface area contributed by atoms with Crippen molar-refractivity contribution in [3.05, 3.63) is 53.9 Å². The number of hydrogen-bond donors (Lipinski definition) is 2. The quantitative estimate of drug-likeness (QED) is 0.308. The van der Waals surface area contributed by atoms with E-state index in [9.17, 15) is 0 Å². The number of hydrogen-bond acceptors (Lipinski definition) is 3. The lowest BCUT2D eigenvalue weighted by Gasteiger charge is -2.24. The Balaban J connectivity index is 0.00000300. The molecule has 0 bridgehead atoms. The molecule has 1 aliphatic carbocycles. The van der Waals surface area contributed by atoms with Crippen LogP contribution >= 0.6 is 24.0 Å². The first-order valence-corrected chi connectivity index (χ1v) is 10.5. The molecule has 1 saturated carbocycles. The second kappa shape index (κ2) is 12.8. The zero-order valence-electron chi connectivity index (χ0n) is 17.7. The molecule has 2 aromatic rings. The van der Waals surface area contributed by atoms with Gasteiger partial charge in [-0.3, -0.25) is 4.68 Å². The molecular formula is C22H35IN6. The minimum Gasteiger partial charge on any atom is -0.357 e. The van der Waals surface area contributed by atoms with Crippen LogP contribution < -0.4 is 10.6 Å². The van der Waals surface area contributed by atoms with Crippen LogP contribution in [-0.2, 0) is 13.1 Å². The third kappa shape index (κ3) is 7.62. The summed E-state index contributed by atoms with van der Waals surface area (Å²) in [6.07, 6.45) is 9.26. The van der Waals surface area contributed by atoms with Gasteiger partial charge in [0.25, 0.3) is 0 Å². The molecule has 3 rings (SSSR count). The summed E-state index contributed by atoms with van der Waals surface area (Å²) in [6.45, 7) is 6.35. The van der Waals surface area contributed by atoms with Gasteiger partial charge in [-0.25, -0.2) is 4.99 Å². The molecule has 1 aromatic heterocycles. The van der Waals surface area contributed by atoms with E-state index in [2.05, 4.69) is 58.9 Å².